The van der Waals surface area contributed by atoms with Crippen LogP contribution in [0.3, 0.4) is 0 Å². The fraction of sp³-hybridized carbons (Fsp3) is 0.214. The Kier molecular flexibility index (Phi) is 4.43. The normalized spacial score (nSPS) is 10.1. The Morgan fingerprint density at radius 2 is 2.35 bits per heavy atom. The number of halogens is 1. The van der Waals surface area contributed by atoms with Gasteiger partial charge in [-0.1, -0.05) is 6.07 Å². The quantitative estimate of drug-likeness (QED) is 0.869. The van der Waals surface area contributed by atoms with Crippen LogP contribution in [0.2, 0.25) is 0 Å². The zero-order chi connectivity index (χ0) is 14.5. The minimum atomic E-state index is -0.478. The fourth-order valence-electron chi connectivity index (χ4n) is 1.76. The van der Waals surface area contributed by atoms with Crippen LogP contribution in [0, 0.1) is 17.1 Å². The molecule has 2 rings (SSSR count). The smallest absolute Gasteiger partial charge is 0.273 e. The van der Waals surface area contributed by atoms with Crippen molar-refractivity contribution in [1.82, 2.24) is 9.88 Å². The molecule has 0 unspecified atom stereocenters. The molecule has 6 heteroatoms. The van der Waals surface area contributed by atoms with Crippen molar-refractivity contribution in [3.8, 4) is 6.07 Å². The van der Waals surface area contributed by atoms with Crippen molar-refractivity contribution in [3.63, 3.8) is 0 Å². The van der Waals surface area contributed by atoms with E-state index in [0.717, 1.165) is 0 Å². The van der Waals surface area contributed by atoms with Crippen LogP contribution in [0.25, 0.3) is 0 Å². The van der Waals surface area contributed by atoms with Crippen molar-refractivity contribution >= 4 is 17.2 Å². The van der Waals surface area contributed by atoms with Gasteiger partial charge in [-0.2, -0.15) is 5.26 Å². The first-order chi connectivity index (χ1) is 9.65. The average molecular weight is 289 g/mol. The standard InChI is InChI=1S/C14H12FN3OS/c1-2-18(14(19)13-8-20-9-17-13)7-11-4-3-10(6-16)5-12(11)15/h3-5,8-9H,2,7H2,1H3. The van der Waals surface area contributed by atoms with Gasteiger partial charge in [0, 0.05) is 24.0 Å². The summed E-state index contributed by atoms with van der Waals surface area (Å²) in [6.45, 7) is 2.44. The lowest BCUT2D eigenvalue weighted by atomic mass is 10.1. The summed E-state index contributed by atoms with van der Waals surface area (Å²) in [5, 5.41) is 10.4. The number of nitriles is 1. The first-order valence-electron chi connectivity index (χ1n) is 6.01. The molecule has 0 saturated heterocycles. The third-order valence-corrected chi connectivity index (χ3v) is 3.45. The van der Waals surface area contributed by atoms with Crippen LogP contribution in [0.1, 0.15) is 28.5 Å². The average Bonchev–Trinajstić information content (AvgIpc) is 2.99. The molecule has 0 saturated carbocycles. The molecule has 0 fully saturated rings. The van der Waals surface area contributed by atoms with E-state index in [2.05, 4.69) is 4.98 Å². The minimum absolute atomic E-state index is 0.157. The topological polar surface area (TPSA) is 57.0 Å². The lowest BCUT2D eigenvalue weighted by Gasteiger charge is -2.20. The molecule has 0 spiro atoms. The second kappa shape index (κ2) is 6.26. The molecular weight excluding hydrogens is 277 g/mol. The van der Waals surface area contributed by atoms with Crippen molar-refractivity contribution in [1.29, 1.82) is 5.26 Å². The summed E-state index contributed by atoms with van der Waals surface area (Å²) in [6.07, 6.45) is 0. The highest BCUT2D eigenvalue weighted by Gasteiger charge is 2.17. The summed E-state index contributed by atoms with van der Waals surface area (Å²) < 4.78 is 13.8. The number of rotatable bonds is 4. The Morgan fingerprint density at radius 3 is 2.90 bits per heavy atom. The Labute approximate surface area is 120 Å². The summed E-state index contributed by atoms with van der Waals surface area (Å²) >= 11 is 1.34. The van der Waals surface area contributed by atoms with Crippen LogP contribution in [0.5, 0.6) is 0 Å². The maximum atomic E-state index is 13.8. The molecule has 1 aromatic carbocycles. The number of benzene rings is 1. The highest BCUT2D eigenvalue weighted by Crippen LogP contribution is 2.14. The van der Waals surface area contributed by atoms with Crippen molar-refractivity contribution in [3.05, 3.63) is 51.7 Å². The SMILES string of the molecule is CCN(Cc1ccc(C#N)cc1F)C(=O)c1cscn1. The largest absolute Gasteiger partial charge is 0.333 e. The number of thiazole rings is 1. The highest BCUT2D eigenvalue weighted by molar-refractivity contribution is 7.07. The predicted molar refractivity (Wildman–Crippen MR) is 73.6 cm³/mol. The molecule has 20 heavy (non-hydrogen) atoms. The summed E-state index contributed by atoms with van der Waals surface area (Å²) in [5.74, 6) is -0.703. The fourth-order valence-corrected chi connectivity index (χ4v) is 2.28. The van der Waals surface area contributed by atoms with Gasteiger partial charge < -0.3 is 4.90 Å². The molecule has 1 heterocycles. The van der Waals surface area contributed by atoms with Crippen molar-refractivity contribution in [2.45, 2.75) is 13.5 Å². The molecule has 1 aromatic heterocycles. The number of hydrogen-bond donors (Lipinski definition) is 0. The summed E-state index contributed by atoms with van der Waals surface area (Å²) in [6, 6.07) is 6.13. The van der Waals surface area contributed by atoms with Crippen molar-refractivity contribution in [2.75, 3.05) is 6.54 Å². The molecule has 0 atom stereocenters. The van der Waals surface area contributed by atoms with E-state index in [-0.39, 0.29) is 18.0 Å². The monoisotopic (exact) mass is 289 g/mol. The third kappa shape index (κ3) is 3.00. The number of nitrogens with zero attached hydrogens (tertiary/aromatic N) is 3. The second-order valence-corrected chi connectivity index (χ2v) is 4.83. The van der Waals surface area contributed by atoms with Gasteiger partial charge in [0.05, 0.1) is 17.1 Å². The molecule has 0 aliphatic heterocycles. The van der Waals surface area contributed by atoms with Gasteiger partial charge in [-0.15, -0.1) is 11.3 Å². The maximum Gasteiger partial charge on any atom is 0.273 e. The summed E-state index contributed by atoms with van der Waals surface area (Å²) in [7, 11) is 0. The van der Waals surface area contributed by atoms with E-state index in [9.17, 15) is 9.18 Å². The number of carbonyl (C=O) groups is 1. The van der Waals surface area contributed by atoms with Gasteiger partial charge in [0.2, 0.25) is 0 Å². The predicted octanol–water partition coefficient (Wildman–Crippen LogP) is 2.82. The Hall–Kier alpha value is -2.26. The van der Waals surface area contributed by atoms with Gasteiger partial charge in [-0.3, -0.25) is 4.79 Å². The van der Waals surface area contributed by atoms with E-state index in [1.165, 1.54) is 28.4 Å². The number of amides is 1. The van der Waals surface area contributed by atoms with Crippen LogP contribution in [-0.2, 0) is 6.54 Å². The van der Waals surface area contributed by atoms with E-state index in [1.54, 1.807) is 17.0 Å². The zero-order valence-electron chi connectivity index (χ0n) is 10.8. The molecule has 0 aliphatic carbocycles. The molecular formula is C14H12FN3OS. The Morgan fingerprint density at radius 1 is 1.55 bits per heavy atom. The molecule has 1 amide bonds. The van der Waals surface area contributed by atoms with E-state index >= 15 is 0 Å². The molecule has 0 N–H and O–H groups in total. The van der Waals surface area contributed by atoms with Crippen LogP contribution in [-0.4, -0.2) is 22.3 Å². The number of hydrogen-bond acceptors (Lipinski definition) is 4. The number of carbonyl (C=O) groups excluding carboxylic acids is 1. The van der Waals surface area contributed by atoms with Gasteiger partial charge >= 0.3 is 0 Å². The molecule has 4 nitrogen and oxygen atoms in total. The molecule has 2 aromatic rings. The Bertz CT molecular complexity index is 649. The van der Waals surface area contributed by atoms with Crippen LogP contribution in [0.15, 0.2) is 29.1 Å². The van der Waals surface area contributed by atoms with E-state index in [4.69, 9.17) is 5.26 Å². The number of aromatic nitrogens is 1. The molecule has 0 aliphatic rings. The first kappa shape index (κ1) is 14.2. The van der Waals surface area contributed by atoms with Crippen LogP contribution >= 0.6 is 11.3 Å². The molecule has 102 valence electrons. The highest BCUT2D eigenvalue weighted by atomic mass is 32.1. The lowest BCUT2D eigenvalue weighted by molar-refractivity contribution is 0.0746. The van der Waals surface area contributed by atoms with Gasteiger partial charge in [0.15, 0.2) is 0 Å². The second-order valence-electron chi connectivity index (χ2n) is 4.11. The van der Waals surface area contributed by atoms with Gasteiger partial charge in [-0.05, 0) is 19.1 Å². The summed E-state index contributed by atoms with van der Waals surface area (Å²) in [5.41, 5.74) is 2.60. The van der Waals surface area contributed by atoms with Gasteiger partial charge in [-0.25, -0.2) is 9.37 Å². The third-order valence-electron chi connectivity index (χ3n) is 2.86. The first-order valence-corrected chi connectivity index (χ1v) is 6.96. The maximum absolute atomic E-state index is 13.8. The van der Waals surface area contributed by atoms with Gasteiger partial charge in [0.1, 0.15) is 11.5 Å². The molecule has 0 radical (unpaired) electrons. The van der Waals surface area contributed by atoms with E-state index < -0.39 is 5.82 Å². The van der Waals surface area contributed by atoms with Crippen LogP contribution in [0.4, 0.5) is 4.39 Å². The lowest BCUT2D eigenvalue weighted by Crippen LogP contribution is -2.30. The van der Waals surface area contributed by atoms with Crippen molar-refractivity contribution < 1.29 is 9.18 Å². The van der Waals surface area contributed by atoms with Crippen LogP contribution < -0.4 is 0 Å². The van der Waals surface area contributed by atoms with E-state index in [1.807, 2.05) is 13.0 Å². The Balaban J connectivity index is 2.19. The van der Waals surface area contributed by atoms with Crippen molar-refractivity contribution in [2.24, 2.45) is 0 Å². The zero-order valence-corrected chi connectivity index (χ0v) is 11.7. The minimum Gasteiger partial charge on any atom is -0.333 e. The molecule has 0 bridgehead atoms. The summed E-state index contributed by atoms with van der Waals surface area (Å²) in [4.78, 5) is 17.7. The van der Waals surface area contributed by atoms with Gasteiger partial charge in [0.25, 0.3) is 5.91 Å². The van der Waals surface area contributed by atoms with E-state index in [0.29, 0.717) is 17.8 Å².